The molecule has 1 aromatic carbocycles. The molecule has 7 heteroatoms. The van der Waals surface area contributed by atoms with Crippen molar-refractivity contribution in [3.8, 4) is 11.3 Å². The molecule has 1 N–H and O–H groups in total. The van der Waals surface area contributed by atoms with Gasteiger partial charge < -0.3 is 9.84 Å². The lowest BCUT2D eigenvalue weighted by atomic mass is 10.1. The number of nitrogens with one attached hydrogen (secondary N) is 1. The summed E-state index contributed by atoms with van der Waals surface area (Å²) in [6.07, 6.45) is 2.70. The van der Waals surface area contributed by atoms with E-state index in [0.29, 0.717) is 11.5 Å². The first-order valence-corrected chi connectivity index (χ1v) is 6.54. The summed E-state index contributed by atoms with van der Waals surface area (Å²) < 4.78 is 5.83. The van der Waals surface area contributed by atoms with E-state index in [1.54, 1.807) is 0 Å². The van der Waals surface area contributed by atoms with E-state index in [1.165, 1.54) is 29.3 Å². The fraction of sp³-hybridized carbons (Fsp3) is 0.0667. The first-order chi connectivity index (χ1) is 10.7. The maximum atomic E-state index is 12.1. The number of rotatable bonds is 4. The van der Waals surface area contributed by atoms with Crippen LogP contribution in [0.5, 0.6) is 0 Å². The van der Waals surface area contributed by atoms with E-state index in [9.17, 15) is 9.59 Å². The third kappa shape index (κ3) is 3.09. The summed E-state index contributed by atoms with van der Waals surface area (Å²) >= 11 is 0. The van der Waals surface area contributed by atoms with Crippen molar-refractivity contribution in [3.05, 3.63) is 65.4 Å². The Morgan fingerprint density at radius 3 is 2.73 bits per heavy atom. The SMILES string of the molecule is O=C(Cn1cnc(-c2ccccc2)cc1=O)Nc1ccon1. The Bertz CT molecular complexity index is 826. The van der Waals surface area contributed by atoms with Gasteiger partial charge in [0.1, 0.15) is 12.8 Å². The molecule has 2 aromatic heterocycles. The molecule has 0 aliphatic rings. The number of carbonyl (C=O) groups excluding carboxylic acids is 1. The van der Waals surface area contributed by atoms with Crippen molar-refractivity contribution in [2.45, 2.75) is 6.54 Å². The van der Waals surface area contributed by atoms with Crippen molar-refractivity contribution < 1.29 is 9.32 Å². The standard InChI is InChI=1S/C15H12N4O3/c20-14(17-13-6-7-22-18-13)9-19-10-16-12(8-15(19)21)11-4-2-1-3-5-11/h1-8,10H,9H2,(H,17,18,20). The molecule has 0 radical (unpaired) electrons. The van der Waals surface area contributed by atoms with Crippen LogP contribution in [0.25, 0.3) is 11.3 Å². The van der Waals surface area contributed by atoms with Crippen molar-refractivity contribution in [1.29, 1.82) is 0 Å². The Morgan fingerprint density at radius 1 is 1.23 bits per heavy atom. The third-order valence-electron chi connectivity index (χ3n) is 2.97. The number of carbonyl (C=O) groups is 1. The molecule has 3 aromatic rings. The average molecular weight is 296 g/mol. The first-order valence-electron chi connectivity index (χ1n) is 6.54. The molecule has 0 unspecified atom stereocenters. The van der Waals surface area contributed by atoms with Gasteiger partial charge in [-0.15, -0.1) is 0 Å². The molecule has 0 fully saturated rings. The summed E-state index contributed by atoms with van der Waals surface area (Å²) in [5.41, 5.74) is 1.11. The molecular formula is C15H12N4O3. The first kappa shape index (κ1) is 13.7. The van der Waals surface area contributed by atoms with Crippen molar-refractivity contribution in [2.75, 3.05) is 5.32 Å². The molecule has 110 valence electrons. The van der Waals surface area contributed by atoms with Crippen LogP contribution in [0.3, 0.4) is 0 Å². The average Bonchev–Trinajstić information content (AvgIpc) is 3.03. The third-order valence-corrected chi connectivity index (χ3v) is 2.97. The van der Waals surface area contributed by atoms with Crippen LogP contribution >= 0.6 is 0 Å². The highest BCUT2D eigenvalue weighted by atomic mass is 16.5. The minimum absolute atomic E-state index is 0.145. The second-order valence-electron chi connectivity index (χ2n) is 4.54. The van der Waals surface area contributed by atoms with Gasteiger partial charge >= 0.3 is 0 Å². The lowest BCUT2D eigenvalue weighted by molar-refractivity contribution is -0.116. The molecule has 0 saturated heterocycles. The maximum Gasteiger partial charge on any atom is 0.254 e. The maximum absolute atomic E-state index is 12.1. The van der Waals surface area contributed by atoms with Gasteiger partial charge in [-0.3, -0.25) is 14.2 Å². The number of hydrogen-bond acceptors (Lipinski definition) is 5. The largest absolute Gasteiger partial charge is 0.363 e. The summed E-state index contributed by atoms with van der Waals surface area (Å²) in [5, 5.41) is 6.08. The van der Waals surface area contributed by atoms with E-state index >= 15 is 0 Å². The van der Waals surface area contributed by atoms with Crippen LogP contribution < -0.4 is 10.9 Å². The molecule has 0 bridgehead atoms. The lowest BCUT2D eigenvalue weighted by Crippen LogP contribution is -2.27. The normalized spacial score (nSPS) is 10.4. The van der Waals surface area contributed by atoms with E-state index in [2.05, 4.69) is 20.0 Å². The molecule has 1 amide bonds. The summed E-state index contributed by atoms with van der Waals surface area (Å²) in [4.78, 5) is 28.1. The van der Waals surface area contributed by atoms with Gasteiger partial charge in [0.2, 0.25) is 5.91 Å². The van der Waals surface area contributed by atoms with Gasteiger partial charge in [-0.1, -0.05) is 35.5 Å². The van der Waals surface area contributed by atoms with Gasteiger partial charge in [-0.05, 0) is 0 Å². The predicted octanol–water partition coefficient (Wildman–Crippen LogP) is 1.54. The van der Waals surface area contributed by atoms with Crippen LogP contribution in [0.2, 0.25) is 0 Å². The topological polar surface area (TPSA) is 90.0 Å². The molecule has 0 aliphatic heterocycles. The van der Waals surface area contributed by atoms with E-state index in [1.807, 2.05) is 30.3 Å². The molecule has 3 rings (SSSR count). The van der Waals surface area contributed by atoms with E-state index in [0.717, 1.165) is 5.56 Å². The van der Waals surface area contributed by atoms with Gasteiger partial charge in [-0.2, -0.15) is 0 Å². The summed E-state index contributed by atoms with van der Waals surface area (Å²) in [5.74, 6) is -0.0859. The number of amides is 1. The van der Waals surface area contributed by atoms with Crippen LogP contribution in [0, 0.1) is 0 Å². The minimum Gasteiger partial charge on any atom is -0.363 e. The predicted molar refractivity (Wildman–Crippen MR) is 79.1 cm³/mol. The quantitative estimate of drug-likeness (QED) is 0.788. The number of nitrogens with zero attached hydrogens (tertiary/aromatic N) is 3. The Balaban J connectivity index is 1.75. The van der Waals surface area contributed by atoms with Crippen LogP contribution in [-0.2, 0) is 11.3 Å². The number of hydrogen-bond donors (Lipinski definition) is 1. The highest BCUT2D eigenvalue weighted by Gasteiger charge is 2.08. The molecular weight excluding hydrogens is 284 g/mol. The number of benzene rings is 1. The summed E-state index contributed by atoms with van der Waals surface area (Å²) in [6.45, 7) is -0.145. The van der Waals surface area contributed by atoms with Gasteiger partial charge in [0.25, 0.3) is 5.56 Å². The Morgan fingerprint density at radius 2 is 2.05 bits per heavy atom. The van der Waals surface area contributed by atoms with Gasteiger partial charge in [-0.25, -0.2) is 4.98 Å². The molecule has 7 nitrogen and oxygen atoms in total. The zero-order valence-electron chi connectivity index (χ0n) is 11.5. The smallest absolute Gasteiger partial charge is 0.254 e. The summed E-state index contributed by atoms with van der Waals surface area (Å²) in [7, 11) is 0. The lowest BCUT2D eigenvalue weighted by Gasteiger charge is -2.06. The summed E-state index contributed by atoms with van der Waals surface area (Å²) in [6, 6.07) is 12.3. The molecule has 0 spiro atoms. The Labute approximate surface area is 125 Å². The molecule has 22 heavy (non-hydrogen) atoms. The van der Waals surface area contributed by atoms with Crippen LogP contribution in [0.15, 0.2) is 64.4 Å². The number of anilines is 1. The Kier molecular flexibility index (Phi) is 3.78. The highest BCUT2D eigenvalue weighted by Crippen LogP contribution is 2.13. The second kappa shape index (κ2) is 6.04. The van der Waals surface area contributed by atoms with Crippen LogP contribution in [0.1, 0.15) is 0 Å². The van der Waals surface area contributed by atoms with Gasteiger partial charge in [0.05, 0.1) is 12.0 Å². The number of aromatic nitrogens is 3. The van der Waals surface area contributed by atoms with E-state index in [-0.39, 0.29) is 18.0 Å². The van der Waals surface area contributed by atoms with Crippen molar-refractivity contribution >= 4 is 11.7 Å². The van der Waals surface area contributed by atoms with Crippen LogP contribution in [0.4, 0.5) is 5.82 Å². The molecule has 0 saturated carbocycles. The van der Waals surface area contributed by atoms with Gasteiger partial charge in [0, 0.05) is 17.7 Å². The van der Waals surface area contributed by atoms with Gasteiger partial charge in [0.15, 0.2) is 5.82 Å². The zero-order chi connectivity index (χ0) is 15.4. The fourth-order valence-corrected chi connectivity index (χ4v) is 1.93. The highest BCUT2D eigenvalue weighted by molar-refractivity contribution is 5.89. The molecule has 0 atom stereocenters. The molecule has 2 heterocycles. The monoisotopic (exact) mass is 296 g/mol. The van der Waals surface area contributed by atoms with E-state index < -0.39 is 0 Å². The second-order valence-corrected chi connectivity index (χ2v) is 4.54. The fourth-order valence-electron chi connectivity index (χ4n) is 1.93. The van der Waals surface area contributed by atoms with E-state index in [4.69, 9.17) is 0 Å². The Hall–Kier alpha value is -3.22. The van der Waals surface area contributed by atoms with Crippen LogP contribution in [-0.4, -0.2) is 20.6 Å². The zero-order valence-corrected chi connectivity index (χ0v) is 11.5. The molecule has 0 aliphatic carbocycles. The minimum atomic E-state index is -0.384. The van der Waals surface area contributed by atoms with Crippen molar-refractivity contribution in [3.63, 3.8) is 0 Å². The van der Waals surface area contributed by atoms with Crippen molar-refractivity contribution in [2.24, 2.45) is 0 Å². The van der Waals surface area contributed by atoms with Crippen molar-refractivity contribution in [1.82, 2.24) is 14.7 Å².